The average molecular weight is 746 g/mol. The zero-order chi connectivity index (χ0) is 40.2. The number of aliphatic carboxylic acids is 1. The molecule has 0 unspecified atom stereocenters. The Kier molecular flexibility index (Phi) is 18.0. The zero-order valence-corrected chi connectivity index (χ0v) is 33.9. The highest BCUT2D eigenvalue weighted by Crippen LogP contribution is 2.30. The van der Waals surface area contributed by atoms with Crippen LogP contribution >= 0.6 is 0 Å². The van der Waals surface area contributed by atoms with E-state index in [1.807, 2.05) is 63.1 Å². The van der Waals surface area contributed by atoms with Crippen LogP contribution in [0.1, 0.15) is 93.1 Å². The number of likely N-dealkylation sites (tertiary alicyclic amines) is 1. The van der Waals surface area contributed by atoms with E-state index in [4.69, 9.17) is 15.2 Å². The van der Waals surface area contributed by atoms with Crippen molar-refractivity contribution in [3.63, 3.8) is 0 Å². The Hall–Kier alpha value is -3.39. The number of rotatable bonds is 21. The van der Waals surface area contributed by atoms with Gasteiger partial charge in [-0.25, -0.2) is 0 Å². The number of nitrogens with one attached hydrogen (secondary N) is 2. The van der Waals surface area contributed by atoms with Crippen molar-refractivity contribution in [2.45, 2.75) is 136 Å². The third-order valence-electron chi connectivity index (χ3n) is 10.8. The lowest BCUT2D eigenvalue weighted by Crippen LogP contribution is -2.60. The quantitative estimate of drug-likeness (QED) is 0.145. The number of nitrogens with zero attached hydrogens (tertiary/aromatic N) is 2. The van der Waals surface area contributed by atoms with E-state index in [1.54, 1.807) is 33.0 Å². The van der Waals surface area contributed by atoms with Gasteiger partial charge in [-0.2, -0.15) is 0 Å². The topological polar surface area (TPSA) is 181 Å². The van der Waals surface area contributed by atoms with E-state index in [0.717, 1.165) is 18.4 Å². The van der Waals surface area contributed by atoms with Gasteiger partial charge in [0, 0.05) is 32.8 Å². The van der Waals surface area contributed by atoms with Crippen LogP contribution in [0.3, 0.4) is 0 Å². The highest BCUT2D eigenvalue weighted by Gasteiger charge is 2.43. The monoisotopic (exact) mass is 745 g/mol. The average Bonchev–Trinajstić information content (AvgIpc) is 3.57. The SMILES string of the molecule is CC[C@H](C)[C@@H]([C@@H](CC(=O)N1CCC[C@H]1[C@H](OC)[C@@H](C)C(=O)N[C@@H](Cc1ccccc1)C[C@H](C)C(=O)O)OC)N(C)[C@H](C(=O)NC(=O)C(C)(C)N)C(C)C. The molecule has 0 radical (unpaired) electrons. The minimum Gasteiger partial charge on any atom is -0.481 e. The summed E-state index contributed by atoms with van der Waals surface area (Å²) in [6.07, 6.45) is 1.73. The third kappa shape index (κ3) is 12.9. The molecule has 4 amide bonds. The van der Waals surface area contributed by atoms with Gasteiger partial charge >= 0.3 is 5.97 Å². The number of imide groups is 1. The molecule has 1 aliphatic heterocycles. The van der Waals surface area contributed by atoms with Crippen molar-refractivity contribution in [3.05, 3.63) is 35.9 Å². The van der Waals surface area contributed by atoms with E-state index < -0.39 is 59.5 Å². The molecule has 1 aromatic carbocycles. The smallest absolute Gasteiger partial charge is 0.306 e. The zero-order valence-electron chi connectivity index (χ0n) is 33.9. The molecule has 0 bridgehead atoms. The number of hydrogen-bond acceptors (Lipinski definition) is 9. The predicted molar refractivity (Wildman–Crippen MR) is 205 cm³/mol. The maximum absolute atomic E-state index is 14.2. The normalized spacial score (nSPS) is 19.5. The van der Waals surface area contributed by atoms with Crippen molar-refractivity contribution in [3.8, 4) is 0 Å². The standard InChI is InChI=1S/C40H67N5O8/c1-12-25(4)34(44(9)33(24(2)3)37(48)43-39(51)40(7,8)41)31(52-10)23-32(46)45-20-16-19-30(45)35(53-11)27(6)36(47)42-29(21-26(5)38(49)50)22-28-17-14-13-15-18-28/h13-15,17-18,24-27,29-31,33-35H,12,16,19-23,41H2,1-11H3,(H,42,47)(H,49,50)(H,43,48,51)/t25-,26-,27+,29+,30-,31+,33-,34-,35+/m0/s1. The van der Waals surface area contributed by atoms with Crippen molar-refractivity contribution >= 4 is 29.6 Å². The number of ether oxygens (including phenoxy) is 2. The summed E-state index contributed by atoms with van der Waals surface area (Å²) in [6, 6.07) is 7.80. The van der Waals surface area contributed by atoms with Crippen LogP contribution in [0.25, 0.3) is 0 Å². The van der Waals surface area contributed by atoms with Crippen LogP contribution in [0, 0.1) is 23.7 Å². The lowest BCUT2D eigenvalue weighted by Gasteiger charge is -2.43. The van der Waals surface area contributed by atoms with Gasteiger partial charge in [-0.15, -0.1) is 0 Å². The first-order chi connectivity index (χ1) is 24.8. The Bertz CT molecular complexity index is 1350. The van der Waals surface area contributed by atoms with Crippen molar-refractivity contribution in [2.24, 2.45) is 29.4 Å². The first kappa shape index (κ1) is 45.8. The molecule has 0 spiro atoms. The van der Waals surface area contributed by atoms with Gasteiger partial charge in [-0.05, 0) is 64.0 Å². The van der Waals surface area contributed by atoms with Crippen LogP contribution in [0.2, 0.25) is 0 Å². The Morgan fingerprint density at radius 3 is 2.15 bits per heavy atom. The van der Waals surface area contributed by atoms with E-state index in [2.05, 4.69) is 17.6 Å². The molecular weight excluding hydrogens is 678 g/mol. The van der Waals surface area contributed by atoms with Gasteiger partial charge in [0.2, 0.25) is 23.6 Å². The Morgan fingerprint density at radius 1 is 1.02 bits per heavy atom. The van der Waals surface area contributed by atoms with E-state index in [-0.39, 0.29) is 48.6 Å². The lowest BCUT2D eigenvalue weighted by atomic mass is 9.87. The molecule has 0 aliphatic carbocycles. The van der Waals surface area contributed by atoms with Crippen LogP contribution < -0.4 is 16.4 Å². The van der Waals surface area contributed by atoms with Crippen LogP contribution in [0.5, 0.6) is 0 Å². The van der Waals surface area contributed by atoms with E-state index in [9.17, 15) is 29.1 Å². The molecule has 0 aromatic heterocycles. The molecule has 1 heterocycles. The summed E-state index contributed by atoms with van der Waals surface area (Å²) in [7, 11) is 4.94. The van der Waals surface area contributed by atoms with Crippen LogP contribution in [-0.2, 0) is 39.9 Å². The fourth-order valence-electron chi connectivity index (χ4n) is 7.63. The number of amides is 4. The molecule has 300 valence electrons. The van der Waals surface area contributed by atoms with Crippen LogP contribution in [0.15, 0.2) is 30.3 Å². The Labute approximate surface area is 317 Å². The highest BCUT2D eigenvalue weighted by molar-refractivity contribution is 6.01. The second-order valence-electron chi connectivity index (χ2n) is 15.9. The minimum atomic E-state index is -1.24. The number of carbonyl (C=O) groups is 5. The summed E-state index contributed by atoms with van der Waals surface area (Å²) in [5.41, 5.74) is 5.71. The van der Waals surface area contributed by atoms with Gasteiger partial charge < -0.3 is 30.5 Å². The maximum atomic E-state index is 14.2. The first-order valence-corrected chi connectivity index (χ1v) is 19.1. The molecule has 1 fully saturated rings. The number of carboxylic acid groups (broad SMARTS) is 1. The summed E-state index contributed by atoms with van der Waals surface area (Å²) in [5, 5.41) is 15.2. The lowest BCUT2D eigenvalue weighted by molar-refractivity contribution is -0.144. The molecule has 1 aromatic rings. The summed E-state index contributed by atoms with van der Waals surface area (Å²) in [6.45, 7) is 14.9. The van der Waals surface area contributed by atoms with Crippen molar-refractivity contribution in [1.29, 1.82) is 0 Å². The molecule has 13 nitrogen and oxygen atoms in total. The summed E-state index contributed by atoms with van der Waals surface area (Å²) >= 11 is 0. The summed E-state index contributed by atoms with van der Waals surface area (Å²) < 4.78 is 12.0. The number of likely N-dealkylation sites (N-methyl/N-ethyl adjacent to an activating group) is 1. The number of nitrogens with two attached hydrogens (primary N) is 1. The van der Waals surface area contributed by atoms with E-state index >= 15 is 0 Å². The molecule has 5 N–H and O–H groups in total. The van der Waals surface area contributed by atoms with Crippen LogP contribution in [-0.4, -0.2) is 114 Å². The Morgan fingerprint density at radius 2 is 1.64 bits per heavy atom. The largest absolute Gasteiger partial charge is 0.481 e. The van der Waals surface area contributed by atoms with E-state index in [0.29, 0.717) is 19.4 Å². The second-order valence-corrected chi connectivity index (χ2v) is 15.9. The van der Waals surface area contributed by atoms with Gasteiger partial charge in [0.15, 0.2) is 0 Å². The van der Waals surface area contributed by atoms with Gasteiger partial charge in [0.25, 0.3) is 0 Å². The molecule has 9 atom stereocenters. The first-order valence-electron chi connectivity index (χ1n) is 19.1. The molecule has 53 heavy (non-hydrogen) atoms. The predicted octanol–water partition coefficient (Wildman–Crippen LogP) is 3.62. The third-order valence-corrected chi connectivity index (χ3v) is 10.8. The number of benzene rings is 1. The number of methoxy groups -OCH3 is 2. The molecule has 0 saturated carbocycles. The number of carbonyl (C=O) groups excluding carboxylic acids is 4. The molecule has 2 rings (SSSR count). The molecular formula is C40H67N5O8. The summed E-state index contributed by atoms with van der Waals surface area (Å²) in [4.78, 5) is 69.6. The molecule has 1 saturated heterocycles. The van der Waals surface area contributed by atoms with Gasteiger partial charge in [-0.1, -0.05) is 78.3 Å². The second kappa shape index (κ2) is 20.9. The Balaban J connectivity index is 2.29. The number of hydrogen-bond donors (Lipinski definition) is 4. The summed E-state index contributed by atoms with van der Waals surface area (Å²) in [5.74, 6) is -3.81. The van der Waals surface area contributed by atoms with Crippen molar-refractivity contribution in [1.82, 2.24) is 20.4 Å². The fraction of sp³-hybridized carbons (Fsp3) is 0.725. The van der Waals surface area contributed by atoms with Gasteiger partial charge in [-0.3, -0.25) is 34.2 Å². The van der Waals surface area contributed by atoms with Gasteiger partial charge in [0.05, 0.1) is 48.1 Å². The molecule has 1 aliphatic rings. The maximum Gasteiger partial charge on any atom is 0.306 e. The van der Waals surface area contributed by atoms with E-state index in [1.165, 1.54) is 13.8 Å². The van der Waals surface area contributed by atoms with Gasteiger partial charge in [0.1, 0.15) is 0 Å². The molecule has 13 heteroatoms. The minimum absolute atomic E-state index is 0.0194. The van der Waals surface area contributed by atoms with Crippen molar-refractivity contribution in [2.75, 3.05) is 27.8 Å². The number of carboxylic acids is 1. The fourth-order valence-corrected chi connectivity index (χ4v) is 7.63. The highest BCUT2D eigenvalue weighted by atomic mass is 16.5. The van der Waals surface area contributed by atoms with Crippen LogP contribution in [0.4, 0.5) is 0 Å². The van der Waals surface area contributed by atoms with Crippen molar-refractivity contribution < 1.29 is 38.6 Å².